The topological polar surface area (TPSA) is 46.2 Å². The number of halogens is 1. The first-order chi connectivity index (χ1) is 8.29. The summed E-state index contributed by atoms with van der Waals surface area (Å²) in [6, 6.07) is 14.0. The molecule has 3 rings (SSSR count). The monoisotopic (exact) mass is 305 g/mol. The molecule has 3 N–H and O–H groups in total. The molecule has 0 aromatic heterocycles. The Kier molecular flexibility index (Phi) is 3.73. The summed E-state index contributed by atoms with van der Waals surface area (Å²) in [6.07, 6.45) is 0.885. The Balaban J connectivity index is 0.00000120. The van der Waals surface area contributed by atoms with Gasteiger partial charge in [-0.15, -0.1) is 17.0 Å². The molecule has 2 nitrogen and oxygen atoms in total. The van der Waals surface area contributed by atoms with E-state index in [0.29, 0.717) is 12.3 Å². The zero-order valence-electron chi connectivity index (χ0n) is 9.97. The van der Waals surface area contributed by atoms with Gasteiger partial charge in [-0.3, -0.25) is 0 Å². The summed E-state index contributed by atoms with van der Waals surface area (Å²) >= 11 is 0. The SMILES string of the molecule is Br.NCC1c2ccccc2Cc2cc(O)ccc21. The third-order valence-corrected chi connectivity index (χ3v) is 3.55. The van der Waals surface area contributed by atoms with E-state index >= 15 is 0 Å². The highest BCUT2D eigenvalue weighted by atomic mass is 79.9. The van der Waals surface area contributed by atoms with E-state index in [1.807, 2.05) is 12.1 Å². The molecule has 0 fully saturated rings. The van der Waals surface area contributed by atoms with Crippen molar-refractivity contribution in [1.29, 1.82) is 0 Å². The molecule has 1 atom stereocenters. The molecule has 0 heterocycles. The van der Waals surface area contributed by atoms with Crippen LogP contribution in [0.3, 0.4) is 0 Å². The van der Waals surface area contributed by atoms with Crippen LogP contribution >= 0.6 is 17.0 Å². The van der Waals surface area contributed by atoms with Crippen LogP contribution in [-0.2, 0) is 6.42 Å². The average Bonchev–Trinajstić information content (AvgIpc) is 2.35. The van der Waals surface area contributed by atoms with E-state index in [1.54, 1.807) is 6.07 Å². The van der Waals surface area contributed by atoms with E-state index in [1.165, 1.54) is 22.3 Å². The molecule has 18 heavy (non-hydrogen) atoms. The first-order valence-corrected chi connectivity index (χ1v) is 5.89. The van der Waals surface area contributed by atoms with Crippen LogP contribution in [-0.4, -0.2) is 11.7 Å². The number of benzene rings is 2. The van der Waals surface area contributed by atoms with E-state index in [0.717, 1.165) is 6.42 Å². The Morgan fingerprint density at radius 1 is 1.06 bits per heavy atom. The van der Waals surface area contributed by atoms with E-state index in [2.05, 4.69) is 24.3 Å². The quantitative estimate of drug-likeness (QED) is 0.851. The molecule has 0 amide bonds. The van der Waals surface area contributed by atoms with Gasteiger partial charge in [-0.25, -0.2) is 0 Å². The molecule has 0 saturated heterocycles. The number of hydrogen-bond acceptors (Lipinski definition) is 2. The fourth-order valence-electron chi connectivity index (χ4n) is 2.75. The zero-order chi connectivity index (χ0) is 11.8. The highest BCUT2D eigenvalue weighted by Gasteiger charge is 2.24. The number of phenolic OH excluding ortho intramolecular Hbond substituents is 1. The second kappa shape index (κ2) is 5.12. The van der Waals surface area contributed by atoms with Gasteiger partial charge in [0.15, 0.2) is 0 Å². The summed E-state index contributed by atoms with van der Waals surface area (Å²) in [5.74, 6) is 0.592. The summed E-state index contributed by atoms with van der Waals surface area (Å²) in [5, 5.41) is 9.56. The van der Waals surface area contributed by atoms with Gasteiger partial charge in [-0.2, -0.15) is 0 Å². The molecule has 1 aliphatic rings. The van der Waals surface area contributed by atoms with Gasteiger partial charge in [0.25, 0.3) is 0 Å². The van der Waals surface area contributed by atoms with Crippen molar-refractivity contribution in [2.75, 3.05) is 6.54 Å². The molecule has 0 radical (unpaired) electrons. The summed E-state index contributed by atoms with van der Waals surface area (Å²) < 4.78 is 0. The van der Waals surface area contributed by atoms with Crippen molar-refractivity contribution in [2.24, 2.45) is 5.73 Å². The maximum atomic E-state index is 9.56. The van der Waals surface area contributed by atoms with E-state index in [-0.39, 0.29) is 22.9 Å². The van der Waals surface area contributed by atoms with Gasteiger partial charge in [0.2, 0.25) is 0 Å². The predicted octanol–water partition coefficient (Wildman–Crippen LogP) is 2.96. The number of hydrogen-bond donors (Lipinski definition) is 2. The lowest BCUT2D eigenvalue weighted by atomic mass is 9.78. The van der Waals surface area contributed by atoms with Gasteiger partial charge in [0.1, 0.15) is 5.75 Å². The molecule has 0 aliphatic heterocycles. The molecular weight excluding hydrogens is 290 g/mol. The molecule has 3 heteroatoms. The van der Waals surface area contributed by atoms with Gasteiger partial charge in [0.05, 0.1) is 0 Å². The molecule has 2 aromatic carbocycles. The number of rotatable bonds is 1. The van der Waals surface area contributed by atoms with Gasteiger partial charge in [0, 0.05) is 12.5 Å². The fraction of sp³-hybridized carbons (Fsp3) is 0.200. The fourth-order valence-corrected chi connectivity index (χ4v) is 2.75. The summed E-state index contributed by atoms with van der Waals surface area (Å²) in [6.45, 7) is 0.606. The van der Waals surface area contributed by atoms with Crippen molar-refractivity contribution in [3.63, 3.8) is 0 Å². The largest absolute Gasteiger partial charge is 0.508 e. The number of aromatic hydroxyl groups is 1. The molecule has 2 aromatic rings. The molecule has 94 valence electrons. The third-order valence-electron chi connectivity index (χ3n) is 3.55. The summed E-state index contributed by atoms with van der Waals surface area (Å²) in [7, 11) is 0. The van der Waals surface area contributed by atoms with Gasteiger partial charge < -0.3 is 10.8 Å². The van der Waals surface area contributed by atoms with Crippen molar-refractivity contribution in [2.45, 2.75) is 12.3 Å². The van der Waals surface area contributed by atoms with Gasteiger partial charge >= 0.3 is 0 Å². The standard InChI is InChI=1S/C15H15NO.BrH/c16-9-15-13-4-2-1-3-10(13)7-11-8-12(17)5-6-14(11)15;/h1-6,8,15,17H,7,9,16H2;1H. The Hall–Kier alpha value is -1.32. The first kappa shape index (κ1) is 13.1. The van der Waals surface area contributed by atoms with Crippen molar-refractivity contribution in [1.82, 2.24) is 0 Å². The number of phenols is 1. The second-order valence-electron chi connectivity index (χ2n) is 4.55. The molecule has 0 saturated carbocycles. The molecule has 1 unspecified atom stereocenters. The first-order valence-electron chi connectivity index (χ1n) is 5.89. The van der Waals surface area contributed by atoms with Crippen LogP contribution in [0.5, 0.6) is 5.75 Å². The maximum absolute atomic E-state index is 9.56. The minimum absolute atomic E-state index is 0. The number of nitrogens with two attached hydrogens (primary N) is 1. The van der Waals surface area contributed by atoms with Gasteiger partial charge in [-0.1, -0.05) is 30.3 Å². The van der Waals surface area contributed by atoms with E-state index in [4.69, 9.17) is 5.73 Å². The Bertz CT molecular complexity index is 568. The van der Waals surface area contributed by atoms with Crippen molar-refractivity contribution >= 4 is 17.0 Å². The minimum atomic E-state index is 0. The van der Waals surface area contributed by atoms with Crippen molar-refractivity contribution in [3.8, 4) is 5.75 Å². The summed E-state index contributed by atoms with van der Waals surface area (Å²) in [5.41, 5.74) is 11.0. The Morgan fingerprint density at radius 2 is 1.78 bits per heavy atom. The summed E-state index contributed by atoms with van der Waals surface area (Å²) in [4.78, 5) is 0. The maximum Gasteiger partial charge on any atom is 0.115 e. The normalized spacial score (nSPS) is 16.4. The predicted molar refractivity (Wildman–Crippen MR) is 78.6 cm³/mol. The smallest absolute Gasteiger partial charge is 0.115 e. The molecular formula is C15H16BrNO. The van der Waals surface area contributed by atoms with Crippen LogP contribution in [0.25, 0.3) is 0 Å². The van der Waals surface area contributed by atoms with Crippen LogP contribution in [0, 0.1) is 0 Å². The highest BCUT2D eigenvalue weighted by Crippen LogP contribution is 2.37. The Morgan fingerprint density at radius 3 is 2.56 bits per heavy atom. The zero-order valence-corrected chi connectivity index (χ0v) is 11.7. The number of fused-ring (bicyclic) bond motifs is 2. The van der Waals surface area contributed by atoms with Crippen LogP contribution in [0.15, 0.2) is 42.5 Å². The van der Waals surface area contributed by atoms with Crippen molar-refractivity contribution in [3.05, 3.63) is 64.7 Å². The Labute approximate surface area is 117 Å². The van der Waals surface area contributed by atoms with Crippen molar-refractivity contribution < 1.29 is 5.11 Å². The minimum Gasteiger partial charge on any atom is -0.508 e. The van der Waals surface area contributed by atoms with Gasteiger partial charge in [-0.05, 0) is 40.8 Å². The van der Waals surface area contributed by atoms with Crippen LogP contribution in [0.4, 0.5) is 0 Å². The average molecular weight is 306 g/mol. The highest BCUT2D eigenvalue weighted by molar-refractivity contribution is 8.93. The van der Waals surface area contributed by atoms with Crippen LogP contribution in [0.1, 0.15) is 28.2 Å². The third kappa shape index (κ3) is 2.04. The second-order valence-corrected chi connectivity index (χ2v) is 4.55. The molecule has 0 bridgehead atoms. The molecule has 0 spiro atoms. The lowest BCUT2D eigenvalue weighted by Gasteiger charge is -2.27. The van der Waals surface area contributed by atoms with E-state index in [9.17, 15) is 5.11 Å². The van der Waals surface area contributed by atoms with E-state index < -0.39 is 0 Å². The lowest BCUT2D eigenvalue weighted by Crippen LogP contribution is -2.20. The van der Waals surface area contributed by atoms with Crippen LogP contribution in [0.2, 0.25) is 0 Å². The molecule has 1 aliphatic carbocycles. The van der Waals surface area contributed by atoms with Crippen LogP contribution < -0.4 is 5.73 Å². The lowest BCUT2D eigenvalue weighted by molar-refractivity contribution is 0.474.